The Bertz CT molecular complexity index is 493. The highest BCUT2D eigenvalue weighted by Crippen LogP contribution is 2.24. The van der Waals surface area contributed by atoms with Crippen molar-refractivity contribution in [2.75, 3.05) is 19.0 Å². The van der Waals surface area contributed by atoms with Crippen molar-refractivity contribution in [1.82, 2.24) is 9.97 Å². The zero-order valence-corrected chi connectivity index (χ0v) is 14.2. The van der Waals surface area contributed by atoms with E-state index in [0.29, 0.717) is 6.54 Å². The second-order valence-electron chi connectivity index (χ2n) is 6.71. The summed E-state index contributed by atoms with van der Waals surface area (Å²) in [4.78, 5) is 20.6. The van der Waals surface area contributed by atoms with Crippen molar-refractivity contribution in [3.8, 4) is 0 Å². The zero-order valence-electron chi connectivity index (χ0n) is 14.2. The summed E-state index contributed by atoms with van der Waals surface area (Å²) in [6.45, 7) is 12.8. The van der Waals surface area contributed by atoms with Gasteiger partial charge in [0.15, 0.2) is 0 Å². The topological polar surface area (TPSA) is 64.1 Å². The standard InChI is InChI=1S/C16H27N3O2/c1-10(2)14-18-12(16(4,5)6)8-13(19-14)17-9-11(3)15(20)21-7/h8,10-11H,9H2,1-7H3,(H,17,18,19). The molecule has 0 aliphatic carbocycles. The van der Waals surface area contributed by atoms with Gasteiger partial charge in [-0.2, -0.15) is 0 Å². The number of methoxy groups -OCH3 is 1. The van der Waals surface area contributed by atoms with Crippen LogP contribution in [-0.4, -0.2) is 29.6 Å². The number of hydrogen-bond donors (Lipinski definition) is 1. The molecule has 1 N–H and O–H groups in total. The van der Waals surface area contributed by atoms with Gasteiger partial charge in [-0.25, -0.2) is 9.97 Å². The van der Waals surface area contributed by atoms with E-state index in [4.69, 9.17) is 4.74 Å². The van der Waals surface area contributed by atoms with E-state index in [0.717, 1.165) is 17.3 Å². The highest BCUT2D eigenvalue weighted by molar-refractivity contribution is 5.72. The molecular weight excluding hydrogens is 266 g/mol. The van der Waals surface area contributed by atoms with Crippen molar-refractivity contribution < 1.29 is 9.53 Å². The molecule has 1 heterocycles. The van der Waals surface area contributed by atoms with Gasteiger partial charge in [0.2, 0.25) is 0 Å². The number of ether oxygens (including phenoxy) is 1. The van der Waals surface area contributed by atoms with Crippen LogP contribution in [0.2, 0.25) is 0 Å². The van der Waals surface area contributed by atoms with Gasteiger partial charge in [0.1, 0.15) is 11.6 Å². The molecule has 1 unspecified atom stereocenters. The molecule has 0 amide bonds. The van der Waals surface area contributed by atoms with Gasteiger partial charge in [0, 0.05) is 23.9 Å². The number of esters is 1. The Hall–Kier alpha value is -1.65. The predicted octanol–water partition coefficient (Wildman–Crippen LogP) is 3.12. The largest absolute Gasteiger partial charge is 0.469 e. The lowest BCUT2D eigenvalue weighted by molar-refractivity contribution is -0.144. The van der Waals surface area contributed by atoms with Crippen molar-refractivity contribution in [2.24, 2.45) is 5.92 Å². The minimum atomic E-state index is -0.225. The van der Waals surface area contributed by atoms with Crippen molar-refractivity contribution >= 4 is 11.8 Å². The van der Waals surface area contributed by atoms with Gasteiger partial charge in [0.05, 0.1) is 18.7 Å². The van der Waals surface area contributed by atoms with E-state index < -0.39 is 0 Å². The Morgan fingerprint density at radius 3 is 2.38 bits per heavy atom. The first-order valence-corrected chi connectivity index (χ1v) is 7.36. The van der Waals surface area contributed by atoms with Gasteiger partial charge in [-0.15, -0.1) is 0 Å². The maximum atomic E-state index is 11.4. The zero-order chi connectivity index (χ0) is 16.2. The van der Waals surface area contributed by atoms with Crippen LogP contribution in [0.5, 0.6) is 0 Å². The SMILES string of the molecule is COC(=O)C(C)CNc1cc(C(C)(C)C)nc(C(C)C)n1. The number of anilines is 1. The molecule has 1 aromatic rings. The molecule has 0 radical (unpaired) electrons. The van der Waals surface area contributed by atoms with E-state index in [-0.39, 0.29) is 23.2 Å². The van der Waals surface area contributed by atoms with Crippen LogP contribution in [0.4, 0.5) is 5.82 Å². The number of carbonyl (C=O) groups excluding carboxylic acids is 1. The average molecular weight is 293 g/mol. The van der Waals surface area contributed by atoms with Crippen LogP contribution in [0.15, 0.2) is 6.07 Å². The number of rotatable bonds is 5. The molecule has 1 rings (SSSR count). The molecule has 5 nitrogen and oxygen atoms in total. The molecule has 0 saturated carbocycles. The number of nitrogens with one attached hydrogen (secondary N) is 1. The first kappa shape index (κ1) is 17.4. The third-order valence-electron chi connectivity index (χ3n) is 3.22. The van der Waals surface area contributed by atoms with Gasteiger partial charge in [0.25, 0.3) is 0 Å². The average Bonchev–Trinajstić information content (AvgIpc) is 2.42. The van der Waals surface area contributed by atoms with Crippen LogP contribution < -0.4 is 5.32 Å². The maximum absolute atomic E-state index is 11.4. The number of hydrogen-bond acceptors (Lipinski definition) is 5. The van der Waals surface area contributed by atoms with E-state index in [1.54, 1.807) is 0 Å². The van der Waals surface area contributed by atoms with Gasteiger partial charge in [-0.3, -0.25) is 4.79 Å². The molecule has 0 aliphatic heterocycles. The quantitative estimate of drug-likeness (QED) is 0.845. The minimum absolute atomic E-state index is 0.0447. The highest BCUT2D eigenvalue weighted by Gasteiger charge is 2.20. The van der Waals surface area contributed by atoms with Crippen molar-refractivity contribution in [3.63, 3.8) is 0 Å². The van der Waals surface area contributed by atoms with Gasteiger partial charge in [-0.1, -0.05) is 41.5 Å². The molecule has 0 saturated heterocycles. The fourth-order valence-corrected chi connectivity index (χ4v) is 1.74. The summed E-state index contributed by atoms with van der Waals surface area (Å²) in [5.41, 5.74) is 0.950. The Kier molecular flexibility index (Phi) is 5.70. The van der Waals surface area contributed by atoms with Gasteiger partial charge >= 0.3 is 5.97 Å². The lowest BCUT2D eigenvalue weighted by Crippen LogP contribution is -2.23. The van der Waals surface area contributed by atoms with Gasteiger partial charge in [-0.05, 0) is 0 Å². The Morgan fingerprint density at radius 1 is 1.29 bits per heavy atom. The second kappa shape index (κ2) is 6.87. The molecule has 0 aliphatic rings. The first-order valence-electron chi connectivity index (χ1n) is 7.36. The molecule has 21 heavy (non-hydrogen) atoms. The summed E-state index contributed by atoms with van der Waals surface area (Å²) in [5.74, 6) is 1.39. The molecule has 0 bridgehead atoms. The fourth-order valence-electron chi connectivity index (χ4n) is 1.74. The Labute approximate surface area is 127 Å². The predicted molar refractivity (Wildman–Crippen MR) is 84.5 cm³/mol. The summed E-state index contributed by atoms with van der Waals surface area (Å²) >= 11 is 0. The highest BCUT2D eigenvalue weighted by atomic mass is 16.5. The lowest BCUT2D eigenvalue weighted by Gasteiger charge is -2.21. The summed E-state index contributed by atoms with van der Waals surface area (Å²) in [5, 5.41) is 3.22. The second-order valence-corrected chi connectivity index (χ2v) is 6.71. The normalized spacial score (nSPS) is 13.1. The molecular formula is C16H27N3O2. The number of aromatic nitrogens is 2. The third-order valence-corrected chi connectivity index (χ3v) is 3.22. The van der Waals surface area contributed by atoms with Crippen LogP contribution in [0.1, 0.15) is 59.0 Å². The van der Waals surface area contributed by atoms with Crippen LogP contribution in [0.3, 0.4) is 0 Å². The summed E-state index contributed by atoms with van der Waals surface area (Å²) in [7, 11) is 1.40. The van der Waals surface area contributed by atoms with E-state index in [1.165, 1.54) is 7.11 Å². The first-order chi connectivity index (χ1) is 9.65. The fraction of sp³-hybridized carbons (Fsp3) is 0.688. The molecule has 0 fully saturated rings. The molecule has 0 spiro atoms. The number of nitrogens with zero attached hydrogens (tertiary/aromatic N) is 2. The summed E-state index contributed by atoms with van der Waals surface area (Å²) < 4.78 is 4.73. The van der Waals surface area contributed by atoms with Crippen molar-refractivity contribution in [3.05, 3.63) is 17.6 Å². The smallest absolute Gasteiger partial charge is 0.310 e. The van der Waals surface area contributed by atoms with Crippen LogP contribution >= 0.6 is 0 Å². The Balaban J connectivity index is 2.96. The van der Waals surface area contributed by atoms with Crippen molar-refractivity contribution in [1.29, 1.82) is 0 Å². The van der Waals surface area contributed by atoms with Crippen molar-refractivity contribution in [2.45, 2.75) is 52.9 Å². The third kappa shape index (κ3) is 4.99. The van der Waals surface area contributed by atoms with Crippen LogP contribution in [0.25, 0.3) is 0 Å². The Morgan fingerprint density at radius 2 is 1.90 bits per heavy atom. The van der Waals surface area contributed by atoms with E-state index >= 15 is 0 Å². The molecule has 1 aromatic heterocycles. The maximum Gasteiger partial charge on any atom is 0.310 e. The molecule has 1 atom stereocenters. The summed E-state index contributed by atoms with van der Waals surface area (Å²) in [6.07, 6.45) is 0. The van der Waals surface area contributed by atoms with Crippen LogP contribution in [0, 0.1) is 5.92 Å². The molecule has 118 valence electrons. The minimum Gasteiger partial charge on any atom is -0.469 e. The van der Waals surface area contributed by atoms with Gasteiger partial charge < -0.3 is 10.1 Å². The van der Waals surface area contributed by atoms with E-state index in [1.807, 2.05) is 13.0 Å². The van der Waals surface area contributed by atoms with E-state index in [9.17, 15) is 4.79 Å². The van der Waals surface area contributed by atoms with E-state index in [2.05, 4.69) is 49.9 Å². The molecule has 5 heteroatoms. The molecule has 0 aromatic carbocycles. The summed E-state index contributed by atoms with van der Waals surface area (Å²) in [6, 6.07) is 1.95. The monoisotopic (exact) mass is 293 g/mol. The van der Waals surface area contributed by atoms with Crippen LogP contribution in [-0.2, 0) is 14.9 Å². The number of carbonyl (C=O) groups is 1. The lowest BCUT2D eigenvalue weighted by atomic mass is 9.91.